The molecule has 1 unspecified atom stereocenters. The zero-order valence-corrected chi connectivity index (χ0v) is 11.5. The van der Waals surface area contributed by atoms with Crippen molar-refractivity contribution in [1.82, 2.24) is 20.1 Å². The fourth-order valence-corrected chi connectivity index (χ4v) is 4.02. The van der Waals surface area contributed by atoms with Crippen LogP contribution in [0.15, 0.2) is 4.79 Å². The highest BCUT2D eigenvalue weighted by molar-refractivity contribution is 5.79. The minimum atomic E-state index is -0.247. The average Bonchev–Trinajstić information content (AvgIpc) is 2.88. The van der Waals surface area contributed by atoms with Crippen molar-refractivity contribution in [3.63, 3.8) is 0 Å². The molecule has 1 aromatic heterocycles. The van der Waals surface area contributed by atoms with Crippen molar-refractivity contribution in [3.8, 4) is 0 Å². The summed E-state index contributed by atoms with van der Waals surface area (Å²) in [5, 5.41) is 6.42. The lowest BCUT2D eigenvalue weighted by atomic mass is 9.94. The van der Waals surface area contributed by atoms with E-state index in [1.807, 2.05) is 4.90 Å². The highest BCUT2D eigenvalue weighted by atomic mass is 16.2. The zero-order valence-electron chi connectivity index (χ0n) is 11.5. The molecule has 0 aromatic carbocycles. The first-order valence-corrected chi connectivity index (χ1v) is 7.64. The normalized spacial score (nSPS) is 33.2. The number of H-pyrrole nitrogens is 2. The van der Waals surface area contributed by atoms with Gasteiger partial charge in [0, 0.05) is 24.9 Å². The number of aromatic amines is 2. The molecule has 2 heterocycles. The molecule has 1 saturated heterocycles. The van der Waals surface area contributed by atoms with Crippen LogP contribution >= 0.6 is 0 Å². The Morgan fingerprint density at radius 2 is 1.85 bits per heavy atom. The predicted molar refractivity (Wildman–Crippen MR) is 72.1 cm³/mol. The molecule has 6 heteroatoms. The maximum absolute atomic E-state index is 12.5. The molecule has 3 atom stereocenters. The molecule has 2 aliphatic carbocycles. The summed E-state index contributed by atoms with van der Waals surface area (Å²) in [6.45, 7) is 1.59. The number of rotatable bonds is 2. The van der Waals surface area contributed by atoms with Crippen molar-refractivity contribution in [3.05, 3.63) is 16.3 Å². The summed E-state index contributed by atoms with van der Waals surface area (Å²) in [5.41, 5.74) is -0.247. The third-order valence-electron chi connectivity index (χ3n) is 5.31. The molecule has 0 radical (unpaired) electrons. The molecule has 1 aromatic rings. The Bertz CT molecular complexity index is 560. The minimum absolute atomic E-state index is 0.247. The number of nitrogens with one attached hydrogen (secondary N) is 2. The summed E-state index contributed by atoms with van der Waals surface area (Å²) in [6.07, 6.45) is 5.39. The molecule has 6 nitrogen and oxygen atoms in total. The van der Waals surface area contributed by atoms with Crippen LogP contribution in [0, 0.1) is 17.8 Å². The van der Waals surface area contributed by atoms with E-state index in [0.717, 1.165) is 56.4 Å². The molecule has 1 amide bonds. The van der Waals surface area contributed by atoms with Gasteiger partial charge >= 0.3 is 5.69 Å². The Morgan fingerprint density at radius 1 is 1.15 bits per heavy atom. The van der Waals surface area contributed by atoms with Crippen molar-refractivity contribution in [2.75, 3.05) is 13.1 Å². The second kappa shape index (κ2) is 4.46. The minimum Gasteiger partial charge on any atom is -0.342 e. The second-order valence-electron chi connectivity index (χ2n) is 6.59. The average molecular weight is 276 g/mol. The van der Waals surface area contributed by atoms with Crippen LogP contribution in [0.1, 0.15) is 43.8 Å². The van der Waals surface area contributed by atoms with Crippen molar-refractivity contribution in [2.45, 2.75) is 38.0 Å². The Kier molecular flexibility index (Phi) is 2.72. The molecular formula is C14H20N4O2. The number of carbonyl (C=O) groups is 1. The van der Waals surface area contributed by atoms with Gasteiger partial charge in [-0.1, -0.05) is 0 Å². The van der Waals surface area contributed by atoms with Gasteiger partial charge in [-0.3, -0.25) is 9.78 Å². The molecule has 2 N–H and O–H groups in total. The summed E-state index contributed by atoms with van der Waals surface area (Å²) in [5.74, 6) is 3.39. The molecule has 0 bridgehead atoms. The van der Waals surface area contributed by atoms with Gasteiger partial charge in [0.25, 0.3) is 0 Å². The number of amides is 1. The van der Waals surface area contributed by atoms with Crippen LogP contribution in [0.4, 0.5) is 0 Å². The van der Waals surface area contributed by atoms with Crippen molar-refractivity contribution >= 4 is 5.91 Å². The van der Waals surface area contributed by atoms with Gasteiger partial charge in [-0.15, -0.1) is 0 Å². The number of nitrogens with zero attached hydrogens (tertiary/aromatic N) is 2. The first-order chi connectivity index (χ1) is 9.70. The quantitative estimate of drug-likeness (QED) is 0.840. The van der Waals surface area contributed by atoms with E-state index in [1.54, 1.807) is 0 Å². The van der Waals surface area contributed by atoms with Gasteiger partial charge in [-0.25, -0.2) is 9.89 Å². The van der Waals surface area contributed by atoms with Gasteiger partial charge in [-0.2, -0.15) is 5.10 Å². The van der Waals surface area contributed by atoms with E-state index in [2.05, 4.69) is 15.2 Å². The van der Waals surface area contributed by atoms with Crippen molar-refractivity contribution in [1.29, 1.82) is 0 Å². The van der Waals surface area contributed by atoms with Crippen molar-refractivity contribution < 1.29 is 4.79 Å². The maximum atomic E-state index is 12.5. The van der Waals surface area contributed by atoms with E-state index in [1.165, 1.54) is 6.42 Å². The van der Waals surface area contributed by atoms with Gasteiger partial charge in [0.05, 0.1) is 0 Å². The fraction of sp³-hybridized carbons (Fsp3) is 0.786. The van der Waals surface area contributed by atoms with Gasteiger partial charge in [0.15, 0.2) is 0 Å². The fourth-order valence-electron chi connectivity index (χ4n) is 4.02. The Labute approximate surface area is 116 Å². The van der Waals surface area contributed by atoms with Crippen LogP contribution in [0.2, 0.25) is 0 Å². The van der Waals surface area contributed by atoms with Crippen LogP contribution in [0.25, 0.3) is 0 Å². The third-order valence-corrected chi connectivity index (χ3v) is 5.31. The summed E-state index contributed by atoms with van der Waals surface area (Å²) in [7, 11) is 0. The van der Waals surface area contributed by atoms with Gasteiger partial charge in [0.2, 0.25) is 5.91 Å². The number of fused-ring (bicyclic) bond motifs is 1. The van der Waals surface area contributed by atoms with Crippen LogP contribution in [0.3, 0.4) is 0 Å². The van der Waals surface area contributed by atoms with Gasteiger partial charge in [0.1, 0.15) is 5.82 Å². The van der Waals surface area contributed by atoms with E-state index >= 15 is 0 Å². The lowest BCUT2D eigenvalue weighted by Gasteiger charge is -2.33. The number of carbonyl (C=O) groups excluding carboxylic acids is 1. The molecule has 1 aliphatic heterocycles. The smallest absolute Gasteiger partial charge is 0.340 e. The largest absolute Gasteiger partial charge is 0.342 e. The molecule has 2 saturated carbocycles. The molecule has 3 aliphatic rings. The maximum Gasteiger partial charge on any atom is 0.340 e. The van der Waals surface area contributed by atoms with Gasteiger partial charge < -0.3 is 4.90 Å². The lowest BCUT2D eigenvalue weighted by molar-refractivity contribution is -0.136. The molecule has 108 valence electrons. The van der Waals surface area contributed by atoms with Crippen LogP contribution in [-0.4, -0.2) is 39.1 Å². The number of hydrogen-bond donors (Lipinski definition) is 2. The summed E-state index contributed by atoms with van der Waals surface area (Å²) >= 11 is 0. The van der Waals surface area contributed by atoms with Crippen molar-refractivity contribution in [2.24, 2.45) is 17.8 Å². The summed E-state index contributed by atoms with van der Waals surface area (Å²) in [6, 6.07) is 0. The van der Waals surface area contributed by atoms with Crippen LogP contribution in [0.5, 0.6) is 0 Å². The predicted octanol–water partition coefficient (Wildman–Crippen LogP) is 0.850. The molecular weight excluding hydrogens is 256 g/mol. The third kappa shape index (κ3) is 2.07. The number of likely N-dealkylation sites (tertiary alicyclic amines) is 1. The van der Waals surface area contributed by atoms with Crippen LogP contribution in [-0.2, 0) is 4.79 Å². The van der Waals surface area contributed by atoms with E-state index in [4.69, 9.17) is 0 Å². The summed E-state index contributed by atoms with van der Waals surface area (Å²) in [4.78, 5) is 28.3. The van der Waals surface area contributed by atoms with Crippen LogP contribution < -0.4 is 5.69 Å². The Morgan fingerprint density at radius 3 is 2.45 bits per heavy atom. The summed E-state index contributed by atoms with van der Waals surface area (Å²) < 4.78 is 0. The monoisotopic (exact) mass is 276 g/mol. The van der Waals surface area contributed by atoms with Gasteiger partial charge in [-0.05, 0) is 43.9 Å². The van der Waals surface area contributed by atoms with E-state index in [-0.39, 0.29) is 11.6 Å². The van der Waals surface area contributed by atoms with E-state index < -0.39 is 0 Å². The molecule has 20 heavy (non-hydrogen) atoms. The Hall–Kier alpha value is -1.59. The number of piperidine rings is 1. The SMILES string of the molecule is O=C(C1C[C@@H]2C[C@@H]2C1)N1CCC(c2n[nH]c(=O)[nH]2)CC1. The highest BCUT2D eigenvalue weighted by Gasteiger charge is 2.48. The molecule has 4 rings (SSSR count). The molecule has 3 fully saturated rings. The topological polar surface area (TPSA) is 81.8 Å². The zero-order chi connectivity index (χ0) is 13.7. The lowest BCUT2D eigenvalue weighted by Crippen LogP contribution is -2.41. The standard InChI is InChI=1S/C14H20N4O2/c19-13(11-6-9-5-10(9)7-11)18-3-1-8(2-4-18)12-15-14(20)17-16-12/h8-11H,1-7H2,(H2,15,16,17,20)/t9-,10+,11?. The molecule has 0 spiro atoms. The first-order valence-electron chi connectivity index (χ1n) is 7.64. The van der Waals surface area contributed by atoms with E-state index in [9.17, 15) is 9.59 Å². The van der Waals surface area contributed by atoms with E-state index in [0.29, 0.717) is 11.8 Å². The highest BCUT2D eigenvalue weighted by Crippen LogP contribution is 2.54. The number of hydrogen-bond acceptors (Lipinski definition) is 3. The number of aromatic nitrogens is 3. The Balaban J connectivity index is 1.34. The first kappa shape index (κ1) is 12.2. The second-order valence-corrected chi connectivity index (χ2v) is 6.59.